The van der Waals surface area contributed by atoms with Crippen LogP contribution in [0.5, 0.6) is 0 Å². The summed E-state index contributed by atoms with van der Waals surface area (Å²) in [5.74, 6) is -2.30. The van der Waals surface area contributed by atoms with Gasteiger partial charge in [-0.15, -0.1) is 0 Å². The van der Waals surface area contributed by atoms with Gasteiger partial charge in [-0.2, -0.15) is 0 Å². The van der Waals surface area contributed by atoms with E-state index in [2.05, 4.69) is 172 Å². The number of allylic oxidation sites excluding steroid dienone is 26. The highest BCUT2D eigenvalue weighted by Crippen LogP contribution is 2.18. The number of hydrogen-bond donors (Lipinski definition) is 0. The van der Waals surface area contributed by atoms with Crippen LogP contribution in [0.4, 0.5) is 0 Å². The first-order valence-electron chi connectivity index (χ1n) is 40.6. The number of carbonyl (C=O) groups is 3. The Balaban J connectivity index is 4.10. The van der Waals surface area contributed by atoms with Crippen molar-refractivity contribution in [2.45, 2.75) is 347 Å². The first-order valence-corrected chi connectivity index (χ1v) is 40.6. The van der Waals surface area contributed by atoms with Gasteiger partial charge in [0.2, 0.25) is 0 Å². The largest absolute Gasteiger partial charge is 0.545 e. The van der Waals surface area contributed by atoms with Crippen molar-refractivity contribution < 1.29 is 42.9 Å². The minimum absolute atomic E-state index is 0.138. The third-order valence-corrected chi connectivity index (χ3v) is 17.3. The fourth-order valence-electron chi connectivity index (χ4n) is 11.1. The molecule has 2 unspecified atom stereocenters. The van der Waals surface area contributed by atoms with Gasteiger partial charge in [0.15, 0.2) is 12.4 Å². The van der Waals surface area contributed by atoms with Crippen molar-refractivity contribution in [2.75, 3.05) is 47.5 Å². The molecule has 0 aromatic rings. The first kappa shape index (κ1) is 93.9. The van der Waals surface area contributed by atoms with Crippen LogP contribution < -0.4 is 5.11 Å². The van der Waals surface area contributed by atoms with Gasteiger partial charge in [0.05, 0.1) is 40.3 Å². The third kappa shape index (κ3) is 80.1. The number of aliphatic carboxylic acids is 1. The van der Waals surface area contributed by atoms with Crippen LogP contribution in [0.3, 0.4) is 0 Å². The lowest BCUT2D eigenvalue weighted by atomic mass is 10.0. The molecule has 99 heavy (non-hydrogen) atoms. The number of quaternary nitrogens is 1. The van der Waals surface area contributed by atoms with E-state index in [0.29, 0.717) is 17.4 Å². The number of carboxylic acids is 1. The molecule has 0 saturated heterocycles. The summed E-state index contributed by atoms with van der Waals surface area (Å²) in [6, 6.07) is 0. The molecule has 0 spiro atoms. The van der Waals surface area contributed by atoms with Crippen molar-refractivity contribution in [3.05, 3.63) is 158 Å². The van der Waals surface area contributed by atoms with E-state index in [1.807, 2.05) is 21.1 Å². The summed E-state index contributed by atoms with van der Waals surface area (Å²) in [6.45, 7) is 4.62. The average molecular weight is 1380 g/mol. The first-order chi connectivity index (χ1) is 48.6. The molecule has 0 rings (SSSR count). The molecule has 0 fully saturated rings. The molecule has 0 aromatic carbocycles. The second-order valence-electron chi connectivity index (χ2n) is 28.0. The van der Waals surface area contributed by atoms with E-state index in [0.717, 1.165) is 135 Å². The van der Waals surface area contributed by atoms with Gasteiger partial charge >= 0.3 is 11.9 Å². The van der Waals surface area contributed by atoms with E-state index in [9.17, 15) is 19.5 Å². The van der Waals surface area contributed by atoms with E-state index < -0.39 is 24.3 Å². The molecule has 0 aliphatic rings. The van der Waals surface area contributed by atoms with Gasteiger partial charge in [-0.3, -0.25) is 9.59 Å². The fraction of sp³-hybridized carbons (Fsp3) is 0.678. The van der Waals surface area contributed by atoms with Crippen LogP contribution in [-0.4, -0.2) is 82.3 Å². The molecule has 0 radical (unpaired) electrons. The number of carboxylic acid groups (broad SMARTS) is 1. The van der Waals surface area contributed by atoms with Crippen LogP contribution >= 0.6 is 0 Å². The van der Waals surface area contributed by atoms with Crippen molar-refractivity contribution in [1.29, 1.82) is 0 Å². The second kappa shape index (κ2) is 78.6. The standard InChI is InChI=1S/C90H151NO8/c1-6-8-10-12-14-16-18-20-22-24-26-28-30-32-34-36-38-40-42-44-46-48-50-52-54-56-58-60-62-64-66-68-70-72-74-76-78-80-87(92)97-84-86(85-98-90(89(94)95)96-83-82-91(3,4)5)99-88(93)81-79-77-75-73-71-69-67-65-63-61-59-57-55-53-51-49-47-45-43-41-39-37-35-33-31-29-27-25-23-21-19-17-15-13-11-9-7-2/h9,11,15,17-18,20-21,23-24,26-27,29-30,32-33,35,39,41,45,47,51,53,57,59,63,65,86,90H,6-8,10,12-14,16,19,22,25,28,31,34,36-38,40,42-44,46,48-50,52,54-56,58,60-62,64,66-85H2,1-5H3/b11-9-,17-15-,20-18-,23-21-,26-24-,29-27-,32-30-,35-33-,41-39-,47-45-,53-51-,59-57-,65-63-. The minimum atomic E-state index is -1.64. The number of nitrogens with zero attached hydrogens (tertiary/aromatic N) is 1. The Morgan fingerprint density at radius 2 is 0.576 bits per heavy atom. The number of ether oxygens (including phenoxy) is 4. The van der Waals surface area contributed by atoms with Gasteiger partial charge in [-0.25, -0.2) is 0 Å². The predicted octanol–water partition coefficient (Wildman–Crippen LogP) is 25.0. The smallest absolute Gasteiger partial charge is 0.306 e. The average Bonchev–Trinajstić information content (AvgIpc) is 2.19. The minimum Gasteiger partial charge on any atom is -0.545 e. The molecule has 0 aromatic heterocycles. The molecule has 0 amide bonds. The summed E-state index contributed by atoms with van der Waals surface area (Å²) < 4.78 is 22.8. The molecule has 0 aliphatic carbocycles. The van der Waals surface area contributed by atoms with E-state index in [4.69, 9.17) is 18.9 Å². The van der Waals surface area contributed by atoms with Crippen molar-refractivity contribution in [3.63, 3.8) is 0 Å². The van der Waals surface area contributed by atoms with Gasteiger partial charge in [-0.05, 0) is 128 Å². The summed E-state index contributed by atoms with van der Waals surface area (Å²) in [6.07, 6.45) is 114. The van der Waals surface area contributed by atoms with Gasteiger partial charge in [0.1, 0.15) is 13.2 Å². The summed E-state index contributed by atoms with van der Waals surface area (Å²) in [7, 11) is 5.93. The lowest BCUT2D eigenvalue weighted by Crippen LogP contribution is -2.44. The highest BCUT2D eigenvalue weighted by Gasteiger charge is 2.22. The number of esters is 2. The maximum atomic E-state index is 13.0. The Kier molecular flexibility index (Phi) is 74.6. The van der Waals surface area contributed by atoms with Crippen LogP contribution in [0.15, 0.2) is 158 Å². The summed E-state index contributed by atoms with van der Waals surface area (Å²) >= 11 is 0. The maximum absolute atomic E-state index is 13.0. The summed E-state index contributed by atoms with van der Waals surface area (Å²) in [5.41, 5.74) is 0. The number of hydrogen-bond acceptors (Lipinski definition) is 8. The highest BCUT2D eigenvalue weighted by atomic mass is 16.7. The van der Waals surface area contributed by atoms with Gasteiger partial charge < -0.3 is 33.3 Å². The zero-order valence-corrected chi connectivity index (χ0v) is 64.6. The Morgan fingerprint density at radius 1 is 0.313 bits per heavy atom. The number of unbranched alkanes of at least 4 members (excludes halogenated alkanes) is 33. The van der Waals surface area contributed by atoms with Gasteiger partial charge in [0.25, 0.3) is 0 Å². The number of carbonyl (C=O) groups excluding carboxylic acids is 3. The monoisotopic (exact) mass is 1370 g/mol. The normalized spacial score (nSPS) is 13.5. The van der Waals surface area contributed by atoms with E-state index in [1.165, 1.54) is 167 Å². The van der Waals surface area contributed by atoms with Crippen LogP contribution in [0.25, 0.3) is 0 Å². The quantitative estimate of drug-likeness (QED) is 0.0195. The topological polar surface area (TPSA) is 111 Å². The van der Waals surface area contributed by atoms with Crippen molar-refractivity contribution in [3.8, 4) is 0 Å². The Labute approximate surface area is 610 Å². The van der Waals surface area contributed by atoms with Crippen LogP contribution in [0, 0.1) is 0 Å². The molecule has 9 nitrogen and oxygen atoms in total. The fourth-order valence-corrected chi connectivity index (χ4v) is 11.1. The SMILES string of the molecule is CC/C=C\C/C=C\C/C=C\C/C=C\C/C=C\C/C=C\C/C=C\C/C=C\C/C=C\C/C=C\CCCCCCCCC(=O)OC(COC(=O)CCCCCCCCCCCCCCCCCCCCCCCC/C=C\C/C=C\C/C=C\CCCCCCC)COC(OCC[N+](C)(C)C)C(=O)[O-]. The Hall–Kier alpha value is -5.09. The number of rotatable bonds is 74. The molecule has 0 heterocycles. The molecule has 0 N–H and O–H groups in total. The molecule has 0 saturated carbocycles. The van der Waals surface area contributed by atoms with Crippen LogP contribution in [0.2, 0.25) is 0 Å². The lowest BCUT2D eigenvalue weighted by molar-refractivity contribution is -0.870. The molecular formula is C90H151NO8. The van der Waals surface area contributed by atoms with E-state index in [-0.39, 0.29) is 38.6 Å². The molecule has 2 atom stereocenters. The van der Waals surface area contributed by atoms with Crippen molar-refractivity contribution >= 4 is 17.9 Å². The van der Waals surface area contributed by atoms with Gasteiger partial charge in [-0.1, -0.05) is 352 Å². The van der Waals surface area contributed by atoms with E-state index in [1.54, 1.807) is 0 Å². The Morgan fingerprint density at radius 3 is 0.859 bits per heavy atom. The lowest BCUT2D eigenvalue weighted by Gasteiger charge is -2.26. The molecular weight excluding hydrogens is 1220 g/mol. The highest BCUT2D eigenvalue weighted by molar-refractivity contribution is 5.70. The molecule has 0 aliphatic heterocycles. The Bertz CT molecular complexity index is 2200. The zero-order valence-electron chi connectivity index (χ0n) is 64.6. The summed E-state index contributed by atoms with van der Waals surface area (Å²) in [5, 5.41) is 11.9. The predicted molar refractivity (Wildman–Crippen MR) is 425 cm³/mol. The molecule has 9 heteroatoms. The van der Waals surface area contributed by atoms with Gasteiger partial charge in [0, 0.05) is 12.8 Å². The molecule has 0 bridgehead atoms. The maximum Gasteiger partial charge on any atom is 0.306 e. The zero-order chi connectivity index (χ0) is 71.8. The molecule has 564 valence electrons. The summed E-state index contributed by atoms with van der Waals surface area (Å²) in [4.78, 5) is 37.6. The van der Waals surface area contributed by atoms with E-state index >= 15 is 0 Å². The van der Waals surface area contributed by atoms with Crippen LogP contribution in [0.1, 0.15) is 335 Å². The number of likely N-dealkylation sites (N-methyl/N-ethyl adjacent to an activating group) is 1. The van der Waals surface area contributed by atoms with Crippen molar-refractivity contribution in [1.82, 2.24) is 0 Å². The van der Waals surface area contributed by atoms with Crippen molar-refractivity contribution in [2.24, 2.45) is 0 Å². The third-order valence-electron chi connectivity index (χ3n) is 17.3. The van der Waals surface area contributed by atoms with Crippen LogP contribution in [-0.2, 0) is 33.3 Å². The second-order valence-corrected chi connectivity index (χ2v) is 28.0.